The van der Waals surface area contributed by atoms with Gasteiger partial charge in [0, 0.05) is 10.6 Å². The number of halogens is 2. The highest BCUT2D eigenvalue weighted by molar-refractivity contribution is 6.30. The third-order valence-corrected chi connectivity index (χ3v) is 2.43. The molecule has 0 bridgehead atoms. The SMILES string of the molecule is NC1c2c(F)cc(Cl)cc2OCC1O. The summed E-state index contributed by atoms with van der Waals surface area (Å²) in [5.74, 6) is -0.230. The molecular formula is C9H9ClFNO2. The highest BCUT2D eigenvalue weighted by atomic mass is 35.5. The summed E-state index contributed by atoms with van der Waals surface area (Å²) in [6.07, 6.45) is -0.877. The smallest absolute Gasteiger partial charge is 0.133 e. The Morgan fingerprint density at radius 1 is 1.57 bits per heavy atom. The number of hydrogen-bond acceptors (Lipinski definition) is 3. The standard InChI is InChI=1S/C9H9ClFNO2/c10-4-1-5(11)8-7(2-4)14-3-6(13)9(8)12/h1-2,6,9,13H,3,12H2. The molecule has 2 rings (SSSR count). The van der Waals surface area contributed by atoms with E-state index < -0.39 is 18.0 Å². The van der Waals surface area contributed by atoms with Gasteiger partial charge in [-0.25, -0.2) is 4.39 Å². The van der Waals surface area contributed by atoms with Crippen molar-refractivity contribution in [2.45, 2.75) is 12.1 Å². The summed E-state index contributed by atoms with van der Waals surface area (Å²) in [6.45, 7) is 0.0634. The molecule has 0 amide bonds. The lowest BCUT2D eigenvalue weighted by molar-refractivity contribution is 0.0659. The van der Waals surface area contributed by atoms with Crippen molar-refractivity contribution < 1.29 is 14.2 Å². The molecular weight excluding hydrogens is 209 g/mol. The van der Waals surface area contributed by atoms with Gasteiger partial charge in [-0.2, -0.15) is 0 Å². The van der Waals surface area contributed by atoms with Gasteiger partial charge in [0.15, 0.2) is 0 Å². The third kappa shape index (κ3) is 1.45. The van der Waals surface area contributed by atoms with Gasteiger partial charge >= 0.3 is 0 Å². The molecule has 0 aromatic heterocycles. The molecule has 2 atom stereocenters. The molecule has 0 aliphatic carbocycles. The number of rotatable bonds is 0. The summed E-state index contributed by atoms with van der Waals surface area (Å²) in [5, 5.41) is 9.62. The van der Waals surface area contributed by atoms with Crippen molar-refractivity contribution in [3.63, 3.8) is 0 Å². The zero-order valence-electron chi connectivity index (χ0n) is 7.21. The zero-order chi connectivity index (χ0) is 10.3. The lowest BCUT2D eigenvalue weighted by Crippen LogP contribution is -2.36. The number of aliphatic hydroxyl groups is 1. The van der Waals surface area contributed by atoms with Crippen molar-refractivity contribution >= 4 is 11.6 Å². The van der Waals surface area contributed by atoms with E-state index in [2.05, 4.69) is 0 Å². The van der Waals surface area contributed by atoms with Gasteiger partial charge in [-0.3, -0.25) is 0 Å². The normalized spacial score (nSPS) is 25.4. The van der Waals surface area contributed by atoms with Crippen LogP contribution in [-0.4, -0.2) is 17.8 Å². The number of fused-ring (bicyclic) bond motifs is 1. The van der Waals surface area contributed by atoms with E-state index in [0.717, 1.165) is 6.07 Å². The maximum absolute atomic E-state index is 13.4. The van der Waals surface area contributed by atoms with Crippen LogP contribution in [0.2, 0.25) is 5.02 Å². The van der Waals surface area contributed by atoms with Gasteiger partial charge in [0.05, 0.1) is 6.04 Å². The summed E-state index contributed by atoms with van der Waals surface area (Å²) in [7, 11) is 0. The first-order valence-electron chi connectivity index (χ1n) is 4.15. The Bertz CT molecular complexity index is 372. The molecule has 0 radical (unpaired) electrons. The van der Waals surface area contributed by atoms with E-state index in [-0.39, 0.29) is 17.2 Å². The topological polar surface area (TPSA) is 55.5 Å². The van der Waals surface area contributed by atoms with E-state index in [9.17, 15) is 9.50 Å². The largest absolute Gasteiger partial charge is 0.490 e. The van der Waals surface area contributed by atoms with Gasteiger partial charge in [-0.15, -0.1) is 0 Å². The number of aliphatic hydroxyl groups excluding tert-OH is 1. The van der Waals surface area contributed by atoms with Gasteiger partial charge in [-0.05, 0) is 12.1 Å². The second kappa shape index (κ2) is 3.38. The van der Waals surface area contributed by atoms with Gasteiger partial charge in [0.2, 0.25) is 0 Å². The van der Waals surface area contributed by atoms with E-state index in [0.29, 0.717) is 5.75 Å². The lowest BCUT2D eigenvalue weighted by Gasteiger charge is -2.28. The van der Waals surface area contributed by atoms with Crippen LogP contribution in [0.3, 0.4) is 0 Å². The minimum atomic E-state index is -0.877. The van der Waals surface area contributed by atoms with Crippen molar-refractivity contribution in [1.82, 2.24) is 0 Å². The Morgan fingerprint density at radius 3 is 3.00 bits per heavy atom. The summed E-state index contributed by atoms with van der Waals surface area (Å²) >= 11 is 5.64. The molecule has 0 spiro atoms. The van der Waals surface area contributed by atoms with Crippen molar-refractivity contribution in [1.29, 1.82) is 0 Å². The van der Waals surface area contributed by atoms with Crippen LogP contribution in [-0.2, 0) is 0 Å². The minimum Gasteiger partial charge on any atom is -0.490 e. The van der Waals surface area contributed by atoms with Gasteiger partial charge in [0.25, 0.3) is 0 Å². The fourth-order valence-electron chi connectivity index (χ4n) is 1.48. The van der Waals surface area contributed by atoms with E-state index in [1.807, 2.05) is 0 Å². The first-order chi connectivity index (χ1) is 6.59. The van der Waals surface area contributed by atoms with Crippen LogP contribution in [0.4, 0.5) is 4.39 Å². The van der Waals surface area contributed by atoms with Crippen LogP contribution < -0.4 is 10.5 Å². The summed E-state index contributed by atoms with van der Waals surface area (Å²) in [5.41, 5.74) is 5.82. The van der Waals surface area contributed by atoms with E-state index >= 15 is 0 Å². The van der Waals surface area contributed by atoms with E-state index in [1.165, 1.54) is 6.07 Å². The first-order valence-corrected chi connectivity index (χ1v) is 4.53. The van der Waals surface area contributed by atoms with Crippen molar-refractivity contribution in [2.24, 2.45) is 5.73 Å². The molecule has 5 heteroatoms. The Labute approximate surface area is 85.2 Å². The average molecular weight is 218 g/mol. The van der Waals surface area contributed by atoms with Gasteiger partial charge in [0.1, 0.15) is 24.3 Å². The van der Waals surface area contributed by atoms with Crippen LogP contribution in [0.5, 0.6) is 5.75 Å². The highest BCUT2D eigenvalue weighted by Gasteiger charge is 2.29. The molecule has 2 unspecified atom stereocenters. The second-order valence-electron chi connectivity index (χ2n) is 3.20. The molecule has 14 heavy (non-hydrogen) atoms. The fraction of sp³-hybridized carbons (Fsp3) is 0.333. The minimum absolute atomic E-state index is 0.0634. The van der Waals surface area contributed by atoms with Crippen molar-refractivity contribution in [3.8, 4) is 5.75 Å². The van der Waals surface area contributed by atoms with Crippen LogP contribution in [0.25, 0.3) is 0 Å². The Kier molecular flexibility index (Phi) is 2.34. The maximum Gasteiger partial charge on any atom is 0.133 e. The van der Waals surface area contributed by atoms with Gasteiger partial charge < -0.3 is 15.6 Å². The zero-order valence-corrected chi connectivity index (χ0v) is 7.96. The number of nitrogens with two attached hydrogens (primary N) is 1. The highest BCUT2D eigenvalue weighted by Crippen LogP contribution is 2.35. The number of hydrogen-bond donors (Lipinski definition) is 2. The summed E-state index contributed by atoms with van der Waals surface area (Å²) in [6, 6.07) is 1.89. The quantitative estimate of drug-likeness (QED) is 0.687. The lowest BCUT2D eigenvalue weighted by atomic mass is 9.99. The maximum atomic E-state index is 13.4. The molecule has 3 N–H and O–H groups in total. The van der Waals surface area contributed by atoms with Crippen molar-refractivity contribution in [3.05, 3.63) is 28.5 Å². The molecule has 0 fully saturated rings. The summed E-state index contributed by atoms with van der Waals surface area (Å²) in [4.78, 5) is 0. The molecule has 1 heterocycles. The summed E-state index contributed by atoms with van der Waals surface area (Å²) < 4.78 is 18.5. The van der Waals surface area contributed by atoms with Crippen LogP contribution in [0.1, 0.15) is 11.6 Å². The van der Waals surface area contributed by atoms with Crippen LogP contribution in [0.15, 0.2) is 12.1 Å². The fourth-order valence-corrected chi connectivity index (χ4v) is 1.67. The Balaban J connectivity index is 2.54. The predicted octanol–water partition coefficient (Wildman–Crippen LogP) is 1.23. The Hall–Kier alpha value is -0.840. The average Bonchev–Trinajstić information content (AvgIpc) is 2.10. The molecule has 1 aromatic carbocycles. The van der Waals surface area contributed by atoms with Crippen LogP contribution >= 0.6 is 11.6 Å². The molecule has 0 saturated heterocycles. The third-order valence-electron chi connectivity index (χ3n) is 2.21. The Morgan fingerprint density at radius 2 is 2.29 bits per heavy atom. The van der Waals surface area contributed by atoms with Crippen molar-refractivity contribution in [2.75, 3.05) is 6.61 Å². The van der Waals surface area contributed by atoms with E-state index in [4.69, 9.17) is 22.1 Å². The van der Waals surface area contributed by atoms with Crippen LogP contribution in [0, 0.1) is 5.82 Å². The van der Waals surface area contributed by atoms with E-state index in [1.54, 1.807) is 0 Å². The molecule has 1 aliphatic heterocycles. The number of ether oxygens (including phenoxy) is 1. The van der Waals surface area contributed by atoms with Gasteiger partial charge in [-0.1, -0.05) is 11.6 Å². The molecule has 1 aromatic rings. The molecule has 3 nitrogen and oxygen atoms in total. The number of benzene rings is 1. The monoisotopic (exact) mass is 217 g/mol. The molecule has 76 valence electrons. The predicted molar refractivity (Wildman–Crippen MR) is 49.8 cm³/mol. The molecule has 0 saturated carbocycles. The molecule has 1 aliphatic rings. The first kappa shape index (κ1) is 9.71. The second-order valence-corrected chi connectivity index (χ2v) is 3.64.